The van der Waals surface area contributed by atoms with E-state index in [1.807, 2.05) is 6.21 Å². The molecule has 1 unspecified atom stereocenters. The molecule has 2 aromatic carbocycles. The van der Waals surface area contributed by atoms with E-state index in [0.29, 0.717) is 5.92 Å². The van der Waals surface area contributed by atoms with Crippen molar-refractivity contribution in [1.29, 1.82) is 0 Å². The molecule has 0 fully saturated rings. The van der Waals surface area contributed by atoms with Crippen LogP contribution in [-0.4, -0.2) is 6.21 Å². The molecule has 23 heavy (non-hydrogen) atoms. The van der Waals surface area contributed by atoms with Crippen molar-refractivity contribution in [3.8, 4) is 0 Å². The number of benzene rings is 2. The quantitative estimate of drug-likeness (QED) is 0.620. The van der Waals surface area contributed by atoms with Crippen LogP contribution in [0.1, 0.15) is 40.7 Å². The molecular weight excluding hydrogens is 278 g/mol. The second kappa shape index (κ2) is 6.37. The molecule has 0 heterocycles. The van der Waals surface area contributed by atoms with E-state index in [2.05, 4.69) is 82.3 Å². The van der Waals surface area contributed by atoms with Crippen molar-refractivity contribution in [3.63, 3.8) is 0 Å². The Balaban J connectivity index is 1.98. The first-order valence-corrected chi connectivity index (χ1v) is 8.12. The van der Waals surface area contributed by atoms with Gasteiger partial charge in [0, 0.05) is 12.1 Å². The summed E-state index contributed by atoms with van der Waals surface area (Å²) in [5.41, 5.74) is 8.72. The molecule has 2 aromatic rings. The van der Waals surface area contributed by atoms with Crippen LogP contribution in [0.5, 0.6) is 0 Å². The van der Waals surface area contributed by atoms with Gasteiger partial charge in [0.1, 0.15) is 0 Å². The highest BCUT2D eigenvalue weighted by Gasteiger charge is 2.15. The van der Waals surface area contributed by atoms with Crippen molar-refractivity contribution in [2.24, 2.45) is 4.99 Å². The van der Waals surface area contributed by atoms with Gasteiger partial charge < -0.3 is 0 Å². The number of aliphatic imine (C=N–C) groups is 1. The highest BCUT2D eigenvalue weighted by atomic mass is 14.7. The maximum atomic E-state index is 4.81. The summed E-state index contributed by atoms with van der Waals surface area (Å²) in [6.07, 6.45) is 8.60. The van der Waals surface area contributed by atoms with Gasteiger partial charge in [-0.2, -0.15) is 0 Å². The van der Waals surface area contributed by atoms with Gasteiger partial charge in [0.15, 0.2) is 0 Å². The van der Waals surface area contributed by atoms with Crippen LogP contribution < -0.4 is 0 Å². The maximum absolute atomic E-state index is 4.81. The molecule has 1 aliphatic rings. The zero-order chi connectivity index (χ0) is 16.4. The fourth-order valence-electron chi connectivity index (χ4n) is 3.34. The number of hydrogen-bond acceptors (Lipinski definition) is 1. The van der Waals surface area contributed by atoms with E-state index in [4.69, 9.17) is 4.99 Å². The summed E-state index contributed by atoms with van der Waals surface area (Å²) in [6, 6.07) is 12.9. The first kappa shape index (κ1) is 15.5. The molecule has 0 aromatic heterocycles. The van der Waals surface area contributed by atoms with Crippen molar-refractivity contribution >= 4 is 11.9 Å². The molecule has 0 radical (unpaired) electrons. The van der Waals surface area contributed by atoms with E-state index in [-0.39, 0.29) is 0 Å². The Morgan fingerprint density at radius 1 is 0.957 bits per heavy atom. The number of hydrogen-bond donors (Lipinski definition) is 0. The molecule has 0 saturated heterocycles. The lowest BCUT2D eigenvalue weighted by Gasteiger charge is -2.14. The van der Waals surface area contributed by atoms with Gasteiger partial charge in [0.2, 0.25) is 0 Å². The van der Waals surface area contributed by atoms with Crippen molar-refractivity contribution in [3.05, 3.63) is 88.0 Å². The molecule has 1 aliphatic carbocycles. The second-order valence-corrected chi connectivity index (χ2v) is 6.41. The van der Waals surface area contributed by atoms with Crippen molar-refractivity contribution < 1.29 is 0 Å². The molecule has 116 valence electrons. The van der Waals surface area contributed by atoms with E-state index >= 15 is 0 Å². The van der Waals surface area contributed by atoms with E-state index in [0.717, 1.165) is 5.69 Å². The Bertz CT molecular complexity index is 799. The molecule has 1 atom stereocenters. The van der Waals surface area contributed by atoms with E-state index in [1.165, 1.54) is 33.4 Å². The summed E-state index contributed by atoms with van der Waals surface area (Å²) in [7, 11) is 0. The molecule has 0 N–H and O–H groups in total. The molecule has 1 heteroatoms. The monoisotopic (exact) mass is 301 g/mol. The fraction of sp³-hybridized carbons (Fsp3) is 0.227. The molecule has 0 saturated carbocycles. The lowest BCUT2D eigenvalue weighted by molar-refractivity contribution is 1.01. The summed E-state index contributed by atoms with van der Waals surface area (Å²) in [5, 5.41) is 0. The topological polar surface area (TPSA) is 12.4 Å². The Hall–Kier alpha value is -2.41. The van der Waals surface area contributed by atoms with Crippen LogP contribution in [0.15, 0.2) is 65.2 Å². The third-order valence-corrected chi connectivity index (χ3v) is 4.45. The van der Waals surface area contributed by atoms with Gasteiger partial charge in [-0.25, -0.2) is 0 Å². The lowest BCUT2D eigenvalue weighted by Crippen LogP contribution is -1.99. The second-order valence-electron chi connectivity index (χ2n) is 6.41. The minimum atomic E-state index is 0.373. The molecule has 0 amide bonds. The average Bonchev–Trinajstić information content (AvgIpc) is 2.92. The van der Waals surface area contributed by atoms with Crippen LogP contribution in [-0.2, 0) is 0 Å². The minimum Gasteiger partial charge on any atom is -0.256 e. The maximum Gasteiger partial charge on any atom is 0.0688 e. The normalized spacial score (nSPS) is 17.0. The van der Waals surface area contributed by atoms with Gasteiger partial charge in [-0.15, -0.1) is 0 Å². The Morgan fingerprint density at radius 2 is 1.65 bits per heavy atom. The van der Waals surface area contributed by atoms with Gasteiger partial charge >= 0.3 is 0 Å². The van der Waals surface area contributed by atoms with Gasteiger partial charge in [-0.3, -0.25) is 4.99 Å². The highest BCUT2D eigenvalue weighted by molar-refractivity contribution is 5.85. The Morgan fingerprint density at radius 3 is 2.30 bits per heavy atom. The van der Waals surface area contributed by atoms with Crippen LogP contribution in [0, 0.1) is 20.8 Å². The van der Waals surface area contributed by atoms with Crippen LogP contribution in [0.2, 0.25) is 0 Å². The van der Waals surface area contributed by atoms with Crippen molar-refractivity contribution in [2.75, 3.05) is 0 Å². The number of rotatable bonds is 3. The van der Waals surface area contributed by atoms with Crippen molar-refractivity contribution in [1.82, 2.24) is 0 Å². The Kier molecular flexibility index (Phi) is 4.29. The predicted molar refractivity (Wildman–Crippen MR) is 100.0 cm³/mol. The molecule has 1 nitrogen and oxygen atoms in total. The summed E-state index contributed by atoms with van der Waals surface area (Å²) in [6.45, 7) is 8.58. The largest absolute Gasteiger partial charge is 0.256 e. The SMILES string of the molecule is CC1=CC=CC1c1ccccc1C=Nc1c(C)cc(C)cc1C. The third-order valence-electron chi connectivity index (χ3n) is 4.45. The standard InChI is InChI=1S/C22H23N/c1-15-12-17(3)22(18(4)13-15)23-14-19-9-5-6-10-21(19)20-11-7-8-16(20)2/h5-14,20H,1-4H3. The minimum absolute atomic E-state index is 0.373. The average molecular weight is 301 g/mol. The highest BCUT2D eigenvalue weighted by Crippen LogP contribution is 2.32. The Labute approximate surface area is 139 Å². The van der Waals surface area contributed by atoms with Crippen molar-refractivity contribution in [2.45, 2.75) is 33.6 Å². The first-order valence-electron chi connectivity index (χ1n) is 8.12. The smallest absolute Gasteiger partial charge is 0.0688 e. The number of nitrogens with zero attached hydrogens (tertiary/aromatic N) is 1. The summed E-state index contributed by atoms with van der Waals surface area (Å²) < 4.78 is 0. The molecule has 3 rings (SSSR count). The van der Waals surface area contributed by atoms with E-state index in [1.54, 1.807) is 0 Å². The fourth-order valence-corrected chi connectivity index (χ4v) is 3.34. The van der Waals surface area contributed by atoms with Gasteiger partial charge in [0.25, 0.3) is 0 Å². The van der Waals surface area contributed by atoms with Gasteiger partial charge in [-0.1, -0.05) is 65.8 Å². The van der Waals surface area contributed by atoms with Crippen LogP contribution in [0.3, 0.4) is 0 Å². The third kappa shape index (κ3) is 3.19. The number of aryl methyl sites for hydroxylation is 3. The van der Waals surface area contributed by atoms with Crippen LogP contribution in [0.25, 0.3) is 0 Å². The molecule has 0 aliphatic heterocycles. The predicted octanol–water partition coefficient (Wildman–Crippen LogP) is 5.96. The number of allylic oxidation sites excluding steroid dienone is 4. The van der Waals surface area contributed by atoms with Crippen LogP contribution >= 0.6 is 0 Å². The zero-order valence-electron chi connectivity index (χ0n) is 14.3. The van der Waals surface area contributed by atoms with Crippen LogP contribution in [0.4, 0.5) is 5.69 Å². The van der Waals surface area contributed by atoms with E-state index < -0.39 is 0 Å². The van der Waals surface area contributed by atoms with E-state index in [9.17, 15) is 0 Å². The molecule has 0 spiro atoms. The van der Waals surface area contributed by atoms with Gasteiger partial charge in [-0.05, 0) is 49.9 Å². The lowest BCUT2D eigenvalue weighted by atomic mass is 9.91. The zero-order valence-corrected chi connectivity index (χ0v) is 14.3. The first-order chi connectivity index (χ1) is 11.1. The summed E-state index contributed by atoms with van der Waals surface area (Å²) in [4.78, 5) is 4.81. The summed E-state index contributed by atoms with van der Waals surface area (Å²) >= 11 is 0. The molecular formula is C22H23N. The summed E-state index contributed by atoms with van der Waals surface area (Å²) in [5.74, 6) is 0.373. The van der Waals surface area contributed by atoms with Gasteiger partial charge in [0.05, 0.1) is 5.69 Å². The molecule has 0 bridgehead atoms.